The number of piperidine rings is 1. The van der Waals surface area contributed by atoms with Crippen LogP contribution in [0, 0.1) is 5.92 Å². The first-order valence-corrected chi connectivity index (χ1v) is 7.81. The number of likely N-dealkylation sites (tertiary alicyclic amines) is 1. The Morgan fingerprint density at radius 3 is 2.38 bits per heavy atom. The van der Waals surface area contributed by atoms with Gasteiger partial charge in [0.05, 0.1) is 6.10 Å². The zero-order valence-corrected chi connectivity index (χ0v) is 13.0. The molecule has 1 fully saturated rings. The van der Waals surface area contributed by atoms with Crippen LogP contribution in [0.1, 0.15) is 37.9 Å². The SMILES string of the molecule is CC[C@H](C(=O)O)N1CCC([C@H](O)c2ccc(Cl)cc2)CC1. The highest BCUT2D eigenvalue weighted by atomic mass is 35.5. The average Bonchev–Trinajstić information content (AvgIpc) is 2.48. The Kier molecular flexibility index (Phi) is 5.62. The largest absolute Gasteiger partial charge is 0.480 e. The number of aliphatic hydroxyl groups is 1. The predicted octanol–water partition coefficient (Wildman–Crippen LogP) is 2.95. The molecule has 1 aliphatic heterocycles. The van der Waals surface area contributed by atoms with Gasteiger partial charge in [0.2, 0.25) is 0 Å². The van der Waals surface area contributed by atoms with Gasteiger partial charge >= 0.3 is 5.97 Å². The first-order valence-electron chi connectivity index (χ1n) is 7.43. The van der Waals surface area contributed by atoms with Gasteiger partial charge < -0.3 is 10.2 Å². The van der Waals surface area contributed by atoms with Crippen LogP contribution in [0.5, 0.6) is 0 Å². The maximum Gasteiger partial charge on any atom is 0.320 e. The molecule has 0 radical (unpaired) electrons. The second kappa shape index (κ2) is 7.25. The second-order valence-electron chi connectivity index (χ2n) is 5.63. The zero-order chi connectivity index (χ0) is 15.4. The number of rotatable bonds is 5. The molecule has 116 valence electrons. The first-order chi connectivity index (χ1) is 10.0. The molecule has 2 rings (SSSR count). The zero-order valence-electron chi connectivity index (χ0n) is 12.2. The fourth-order valence-corrected chi connectivity index (χ4v) is 3.19. The minimum Gasteiger partial charge on any atom is -0.480 e. The Morgan fingerprint density at radius 2 is 1.90 bits per heavy atom. The number of aliphatic carboxylic acids is 1. The van der Waals surface area contributed by atoms with Gasteiger partial charge in [0, 0.05) is 5.02 Å². The van der Waals surface area contributed by atoms with Crippen LogP contribution in [0.25, 0.3) is 0 Å². The van der Waals surface area contributed by atoms with E-state index in [1.54, 1.807) is 12.1 Å². The second-order valence-corrected chi connectivity index (χ2v) is 6.07. The molecular weight excluding hydrogens is 290 g/mol. The van der Waals surface area contributed by atoms with Crippen LogP contribution in [-0.4, -0.2) is 40.2 Å². The monoisotopic (exact) mass is 311 g/mol. The molecule has 1 saturated heterocycles. The van der Waals surface area contributed by atoms with Crippen molar-refractivity contribution in [3.63, 3.8) is 0 Å². The molecule has 2 N–H and O–H groups in total. The van der Waals surface area contributed by atoms with Crippen LogP contribution < -0.4 is 0 Å². The van der Waals surface area contributed by atoms with Crippen molar-refractivity contribution in [1.29, 1.82) is 0 Å². The number of aliphatic hydroxyl groups excluding tert-OH is 1. The lowest BCUT2D eigenvalue weighted by molar-refractivity contribution is -0.144. The summed E-state index contributed by atoms with van der Waals surface area (Å²) in [6, 6.07) is 6.87. The summed E-state index contributed by atoms with van der Waals surface area (Å²) in [5, 5.41) is 20.3. The fraction of sp³-hybridized carbons (Fsp3) is 0.562. The topological polar surface area (TPSA) is 60.8 Å². The van der Waals surface area contributed by atoms with Crippen LogP contribution in [0.3, 0.4) is 0 Å². The van der Waals surface area contributed by atoms with Crippen molar-refractivity contribution in [2.24, 2.45) is 5.92 Å². The predicted molar refractivity (Wildman–Crippen MR) is 82.4 cm³/mol. The fourth-order valence-electron chi connectivity index (χ4n) is 3.07. The molecule has 0 unspecified atom stereocenters. The van der Waals surface area contributed by atoms with Crippen LogP contribution in [0.15, 0.2) is 24.3 Å². The van der Waals surface area contributed by atoms with Crippen molar-refractivity contribution in [2.75, 3.05) is 13.1 Å². The molecule has 0 bridgehead atoms. The van der Waals surface area contributed by atoms with E-state index in [-0.39, 0.29) is 5.92 Å². The molecule has 5 heteroatoms. The number of carbonyl (C=O) groups is 1. The van der Waals surface area contributed by atoms with E-state index in [4.69, 9.17) is 11.6 Å². The highest BCUT2D eigenvalue weighted by Gasteiger charge is 2.31. The molecular formula is C16H22ClNO3. The lowest BCUT2D eigenvalue weighted by atomic mass is 9.87. The summed E-state index contributed by atoms with van der Waals surface area (Å²) in [5.74, 6) is -0.581. The maximum absolute atomic E-state index is 11.2. The van der Waals surface area contributed by atoms with E-state index < -0.39 is 18.1 Å². The average molecular weight is 312 g/mol. The number of benzene rings is 1. The van der Waals surface area contributed by atoms with Crippen molar-refractivity contribution in [3.05, 3.63) is 34.9 Å². The van der Waals surface area contributed by atoms with Crippen molar-refractivity contribution in [1.82, 2.24) is 4.90 Å². The Bertz CT molecular complexity index is 469. The van der Waals surface area contributed by atoms with E-state index in [0.717, 1.165) is 31.5 Å². The van der Waals surface area contributed by atoms with Gasteiger partial charge in [0.15, 0.2) is 0 Å². The van der Waals surface area contributed by atoms with E-state index in [9.17, 15) is 15.0 Å². The quantitative estimate of drug-likeness (QED) is 0.877. The minimum absolute atomic E-state index is 0.175. The number of halogens is 1. The van der Waals surface area contributed by atoms with Gasteiger partial charge in [-0.2, -0.15) is 0 Å². The van der Waals surface area contributed by atoms with Crippen LogP contribution in [0.2, 0.25) is 5.02 Å². The van der Waals surface area contributed by atoms with Crippen LogP contribution in [-0.2, 0) is 4.79 Å². The van der Waals surface area contributed by atoms with E-state index >= 15 is 0 Å². The highest BCUT2D eigenvalue weighted by molar-refractivity contribution is 6.30. The van der Waals surface area contributed by atoms with Gasteiger partial charge in [-0.1, -0.05) is 30.7 Å². The Balaban J connectivity index is 1.94. The standard InChI is InChI=1S/C16H22ClNO3/c1-2-14(16(20)21)18-9-7-12(8-10-18)15(19)11-3-5-13(17)6-4-11/h3-6,12,14-15,19H,2,7-10H2,1H3,(H,20,21)/t14-,15-/m1/s1. The summed E-state index contributed by atoms with van der Waals surface area (Å²) in [7, 11) is 0. The van der Waals surface area contributed by atoms with Crippen molar-refractivity contribution in [3.8, 4) is 0 Å². The summed E-state index contributed by atoms with van der Waals surface area (Å²) >= 11 is 5.86. The van der Waals surface area contributed by atoms with Gasteiger partial charge in [-0.05, 0) is 56.0 Å². The molecule has 2 atom stereocenters. The number of carboxylic acid groups (broad SMARTS) is 1. The molecule has 1 heterocycles. The molecule has 1 aromatic carbocycles. The van der Waals surface area contributed by atoms with Crippen molar-refractivity contribution in [2.45, 2.75) is 38.3 Å². The third kappa shape index (κ3) is 3.96. The summed E-state index contributed by atoms with van der Waals surface area (Å²) < 4.78 is 0. The normalized spacial score (nSPS) is 20.1. The van der Waals surface area contributed by atoms with Gasteiger partial charge in [0.25, 0.3) is 0 Å². The van der Waals surface area contributed by atoms with Gasteiger partial charge in [-0.15, -0.1) is 0 Å². The Labute approximate surface area is 130 Å². The minimum atomic E-state index is -0.755. The van der Waals surface area contributed by atoms with E-state index in [1.165, 1.54) is 0 Å². The lowest BCUT2D eigenvalue weighted by Gasteiger charge is -2.37. The molecule has 1 aromatic rings. The van der Waals surface area contributed by atoms with Crippen molar-refractivity contribution >= 4 is 17.6 Å². The molecule has 0 amide bonds. The Morgan fingerprint density at radius 1 is 1.33 bits per heavy atom. The molecule has 4 nitrogen and oxygen atoms in total. The van der Waals surface area contributed by atoms with Crippen LogP contribution >= 0.6 is 11.6 Å². The van der Waals surface area contributed by atoms with Gasteiger partial charge in [0.1, 0.15) is 6.04 Å². The summed E-state index contributed by atoms with van der Waals surface area (Å²) in [4.78, 5) is 13.2. The molecule has 1 aliphatic rings. The third-order valence-electron chi connectivity index (χ3n) is 4.34. The van der Waals surface area contributed by atoms with E-state index in [2.05, 4.69) is 0 Å². The third-order valence-corrected chi connectivity index (χ3v) is 4.60. The maximum atomic E-state index is 11.2. The summed E-state index contributed by atoms with van der Waals surface area (Å²) in [5.41, 5.74) is 0.878. The molecule has 0 aliphatic carbocycles. The lowest BCUT2D eigenvalue weighted by Crippen LogP contribution is -2.46. The summed E-state index contributed by atoms with van der Waals surface area (Å²) in [6.07, 6.45) is 1.73. The molecule has 0 aromatic heterocycles. The molecule has 0 spiro atoms. The van der Waals surface area contributed by atoms with Gasteiger partial charge in [-0.3, -0.25) is 9.69 Å². The van der Waals surface area contributed by atoms with E-state index in [1.807, 2.05) is 24.0 Å². The highest BCUT2D eigenvalue weighted by Crippen LogP contribution is 2.32. The number of hydrogen-bond donors (Lipinski definition) is 2. The number of nitrogens with zero attached hydrogens (tertiary/aromatic N) is 1. The molecule has 0 saturated carbocycles. The van der Waals surface area contributed by atoms with Crippen LogP contribution in [0.4, 0.5) is 0 Å². The van der Waals surface area contributed by atoms with Crippen molar-refractivity contribution < 1.29 is 15.0 Å². The van der Waals surface area contributed by atoms with Gasteiger partial charge in [-0.25, -0.2) is 0 Å². The Hall–Kier alpha value is -1.10. The molecule has 21 heavy (non-hydrogen) atoms. The van der Waals surface area contributed by atoms with E-state index in [0.29, 0.717) is 11.4 Å². The number of carboxylic acids is 1. The first kappa shape index (κ1) is 16.3. The number of hydrogen-bond acceptors (Lipinski definition) is 3. The summed E-state index contributed by atoms with van der Waals surface area (Å²) in [6.45, 7) is 3.34. The smallest absolute Gasteiger partial charge is 0.320 e.